The van der Waals surface area contributed by atoms with E-state index in [1.807, 2.05) is 6.07 Å². The highest BCUT2D eigenvalue weighted by atomic mass is 19.3. The molecule has 2 N–H and O–H groups in total. The van der Waals surface area contributed by atoms with E-state index in [9.17, 15) is 13.6 Å². The molecule has 2 fully saturated rings. The Labute approximate surface area is 209 Å². The minimum absolute atomic E-state index is 0.151. The number of H-pyrrole nitrogens is 1. The summed E-state index contributed by atoms with van der Waals surface area (Å²) in [7, 11) is 0. The summed E-state index contributed by atoms with van der Waals surface area (Å²) in [6, 6.07) is 8.06. The summed E-state index contributed by atoms with van der Waals surface area (Å²) in [5.41, 5.74) is 2.03. The number of anilines is 3. The monoisotopic (exact) mass is 495 g/mol. The molecule has 3 aromatic rings. The summed E-state index contributed by atoms with van der Waals surface area (Å²) in [4.78, 5) is 26.2. The van der Waals surface area contributed by atoms with Gasteiger partial charge in [0.1, 0.15) is 5.82 Å². The molecule has 0 bridgehead atoms. The van der Waals surface area contributed by atoms with Crippen LogP contribution in [0.15, 0.2) is 42.9 Å². The highest BCUT2D eigenvalue weighted by Gasteiger charge is 2.40. The van der Waals surface area contributed by atoms with Crippen LogP contribution in [-0.4, -0.2) is 57.2 Å². The molecule has 0 saturated carbocycles. The number of aromatic nitrogens is 4. The second-order valence-corrected chi connectivity index (χ2v) is 9.52. The van der Waals surface area contributed by atoms with E-state index in [-0.39, 0.29) is 18.9 Å². The minimum atomic E-state index is -2.80. The van der Waals surface area contributed by atoms with Gasteiger partial charge in [-0.25, -0.2) is 18.7 Å². The number of aromatic amines is 1. The molecule has 2 aliphatic rings. The smallest absolute Gasteiger partial charge is 0.266 e. The number of carbonyl (C=O) groups excluding carboxylic acids is 1. The number of amides is 1. The number of hydrogen-bond donors (Lipinski definition) is 2. The van der Waals surface area contributed by atoms with E-state index in [0.717, 1.165) is 31.5 Å². The van der Waals surface area contributed by atoms with Crippen molar-refractivity contribution in [1.29, 1.82) is 0 Å². The Hall–Kier alpha value is -3.56. The highest BCUT2D eigenvalue weighted by Crippen LogP contribution is 2.38. The molecular formula is C26H31F2N7O. The predicted octanol–water partition coefficient (Wildman–Crippen LogP) is 5.12. The molecule has 2 aliphatic heterocycles. The first kappa shape index (κ1) is 24.1. The van der Waals surface area contributed by atoms with E-state index >= 15 is 0 Å². The van der Waals surface area contributed by atoms with Gasteiger partial charge in [-0.3, -0.25) is 9.89 Å². The zero-order chi connectivity index (χ0) is 25.3. The van der Waals surface area contributed by atoms with E-state index in [0.29, 0.717) is 40.4 Å². The number of carbonyl (C=O) groups is 1. The van der Waals surface area contributed by atoms with Crippen molar-refractivity contribution in [3.63, 3.8) is 0 Å². The van der Waals surface area contributed by atoms with Crippen molar-refractivity contribution in [3.8, 4) is 11.3 Å². The van der Waals surface area contributed by atoms with Gasteiger partial charge in [0.05, 0.1) is 23.5 Å². The molecule has 36 heavy (non-hydrogen) atoms. The first-order valence-electron chi connectivity index (χ1n) is 12.6. The summed E-state index contributed by atoms with van der Waals surface area (Å²) < 4.78 is 28.0. The van der Waals surface area contributed by atoms with Gasteiger partial charge in [-0.15, -0.1) is 0 Å². The number of nitrogens with zero attached hydrogens (tertiary/aromatic N) is 5. The Morgan fingerprint density at radius 3 is 2.47 bits per heavy atom. The lowest BCUT2D eigenvalue weighted by Crippen LogP contribution is -2.36. The molecule has 0 spiro atoms. The standard InChI is InChI=1S/C26H31F2N7O/c1-3-18-6-7-19(4-2)35(18)22-8-5-17(15-30-22)25(36)32-23-20(21-10-13-31-33-21)9-12-29-24(23)34-14-11-26(27,28)16-34/h5,8-10,12-13,15,18-19H,3-4,6-7,11,14,16H2,1-2H3,(H,31,33)(H,32,36). The van der Waals surface area contributed by atoms with Crippen molar-refractivity contribution < 1.29 is 13.6 Å². The van der Waals surface area contributed by atoms with Gasteiger partial charge in [0.15, 0.2) is 5.82 Å². The molecule has 0 radical (unpaired) electrons. The lowest BCUT2D eigenvalue weighted by atomic mass is 10.1. The predicted molar refractivity (Wildman–Crippen MR) is 136 cm³/mol. The number of pyridine rings is 2. The molecule has 10 heteroatoms. The van der Waals surface area contributed by atoms with Crippen LogP contribution >= 0.6 is 0 Å². The fourth-order valence-electron chi connectivity index (χ4n) is 5.36. The molecule has 5 rings (SSSR count). The van der Waals surface area contributed by atoms with Crippen LogP contribution in [0.2, 0.25) is 0 Å². The third-order valence-corrected chi connectivity index (χ3v) is 7.27. The van der Waals surface area contributed by atoms with Gasteiger partial charge in [-0.1, -0.05) is 13.8 Å². The van der Waals surface area contributed by atoms with Crippen molar-refractivity contribution in [2.24, 2.45) is 0 Å². The molecule has 0 aliphatic carbocycles. The largest absolute Gasteiger partial charge is 0.351 e. The number of alkyl halides is 2. The van der Waals surface area contributed by atoms with E-state index in [4.69, 9.17) is 0 Å². The Morgan fingerprint density at radius 1 is 1.11 bits per heavy atom. The third kappa shape index (κ3) is 4.64. The van der Waals surface area contributed by atoms with Crippen molar-refractivity contribution in [2.75, 3.05) is 28.2 Å². The Balaban J connectivity index is 1.43. The molecule has 8 nitrogen and oxygen atoms in total. The van der Waals surface area contributed by atoms with E-state index in [2.05, 4.69) is 44.2 Å². The first-order valence-corrected chi connectivity index (χ1v) is 12.6. The topological polar surface area (TPSA) is 90.0 Å². The van der Waals surface area contributed by atoms with Gasteiger partial charge >= 0.3 is 0 Å². The van der Waals surface area contributed by atoms with Crippen LogP contribution in [0.1, 0.15) is 56.3 Å². The van der Waals surface area contributed by atoms with Crippen LogP contribution in [-0.2, 0) is 0 Å². The summed E-state index contributed by atoms with van der Waals surface area (Å²) in [6.45, 7) is 4.09. The number of halogens is 2. The second-order valence-electron chi connectivity index (χ2n) is 9.52. The third-order valence-electron chi connectivity index (χ3n) is 7.27. The van der Waals surface area contributed by atoms with Crippen LogP contribution in [0.5, 0.6) is 0 Å². The fraction of sp³-hybridized carbons (Fsp3) is 0.462. The maximum absolute atomic E-state index is 14.0. The number of hydrogen-bond acceptors (Lipinski definition) is 6. The Morgan fingerprint density at radius 2 is 1.89 bits per heavy atom. The lowest BCUT2D eigenvalue weighted by molar-refractivity contribution is 0.0257. The molecular weight excluding hydrogens is 464 g/mol. The molecule has 1 amide bonds. The van der Waals surface area contributed by atoms with Crippen molar-refractivity contribution in [1.82, 2.24) is 20.2 Å². The molecule has 3 aromatic heterocycles. The zero-order valence-corrected chi connectivity index (χ0v) is 20.5. The van der Waals surface area contributed by atoms with Crippen molar-refractivity contribution >= 4 is 23.2 Å². The average molecular weight is 496 g/mol. The zero-order valence-electron chi connectivity index (χ0n) is 20.5. The highest BCUT2D eigenvalue weighted by molar-refractivity contribution is 6.08. The van der Waals surface area contributed by atoms with Crippen LogP contribution < -0.4 is 15.1 Å². The fourth-order valence-corrected chi connectivity index (χ4v) is 5.36. The van der Waals surface area contributed by atoms with E-state index in [1.165, 1.54) is 4.90 Å². The molecule has 5 heterocycles. The Kier molecular flexibility index (Phi) is 6.59. The van der Waals surface area contributed by atoms with Crippen LogP contribution in [0, 0.1) is 0 Å². The van der Waals surface area contributed by atoms with Crippen LogP contribution in [0.4, 0.5) is 26.1 Å². The summed E-state index contributed by atoms with van der Waals surface area (Å²) >= 11 is 0. The average Bonchev–Trinajstić information content (AvgIpc) is 3.63. The molecule has 0 aromatic carbocycles. The van der Waals surface area contributed by atoms with E-state index < -0.39 is 12.5 Å². The van der Waals surface area contributed by atoms with Gasteiger partial charge in [-0.2, -0.15) is 5.10 Å². The van der Waals surface area contributed by atoms with Crippen LogP contribution in [0.25, 0.3) is 11.3 Å². The summed E-state index contributed by atoms with van der Waals surface area (Å²) in [5.74, 6) is -1.99. The second kappa shape index (κ2) is 9.83. The summed E-state index contributed by atoms with van der Waals surface area (Å²) in [5, 5.41) is 9.81. The number of nitrogens with one attached hydrogen (secondary N) is 2. The van der Waals surface area contributed by atoms with Crippen LogP contribution in [0.3, 0.4) is 0 Å². The lowest BCUT2D eigenvalue weighted by Gasteiger charge is -2.30. The molecule has 190 valence electrons. The SMILES string of the molecule is CCC1CCC(CC)N1c1ccc(C(=O)Nc2c(-c3ccn[nH]3)ccnc2N2CCC(F)(F)C2)cn1. The minimum Gasteiger partial charge on any atom is -0.351 e. The van der Waals surface area contributed by atoms with E-state index in [1.54, 1.807) is 36.8 Å². The van der Waals surface area contributed by atoms with Gasteiger partial charge < -0.3 is 15.1 Å². The first-order chi connectivity index (χ1) is 17.4. The quantitative estimate of drug-likeness (QED) is 0.473. The van der Waals surface area contributed by atoms with Crippen molar-refractivity contribution in [2.45, 2.75) is 64.0 Å². The summed E-state index contributed by atoms with van der Waals surface area (Å²) in [6.07, 6.45) is 8.88. The molecule has 2 unspecified atom stereocenters. The number of rotatable bonds is 7. The molecule has 2 saturated heterocycles. The van der Waals surface area contributed by atoms with Gasteiger partial charge in [0.25, 0.3) is 11.8 Å². The normalized spacial score (nSPS) is 21.2. The maximum Gasteiger partial charge on any atom is 0.266 e. The van der Waals surface area contributed by atoms with Gasteiger partial charge in [0.2, 0.25) is 0 Å². The maximum atomic E-state index is 14.0. The van der Waals surface area contributed by atoms with Gasteiger partial charge in [-0.05, 0) is 49.9 Å². The Bertz CT molecular complexity index is 1190. The van der Waals surface area contributed by atoms with Gasteiger partial charge in [0, 0.05) is 49.2 Å². The molecule has 2 atom stereocenters. The van der Waals surface area contributed by atoms with Crippen molar-refractivity contribution in [3.05, 3.63) is 48.4 Å².